The van der Waals surface area contributed by atoms with Crippen molar-refractivity contribution in [1.82, 2.24) is 0 Å². The Hall–Kier alpha value is -2.22. The lowest BCUT2D eigenvalue weighted by atomic mass is 10.2. The minimum absolute atomic E-state index is 0.105. The molecule has 3 rings (SSSR count). The van der Waals surface area contributed by atoms with E-state index in [1.807, 2.05) is 24.3 Å². The van der Waals surface area contributed by atoms with Crippen molar-refractivity contribution in [2.75, 3.05) is 0 Å². The molecular formula is C25H29O2PSi. The lowest BCUT2D eigenvalue weighted by molar-refractivity contribution is 0.112. The van der Waals surface area contributed by atoms with Crippen LogP contribution in [0.3, 0.4) is 0 Å². The van der Waals surface area contributed by atoms with E-state index in [0.717, 1.165) is 17.3 Å². The minimum Gasteiger partial charge on any atom is -0.543 e. The average Bonchev–Trinajstić information content (AvgIpc) is 2.69. The van der Waals surface area contributed by atoms with E-state index in [-0.39, 0.29) is 5.04 Å². The summed E-state index contributed by atoms with van der Waals surface area (Å²) in [5.41, 5.74) is 0.708. The standard InChI is InChI=1S/C25H29O2PSi/c1-25(2,3)29(4,5)27-21-16-17-24(20(18-21)19-26)28(22-12-8-6-9-13-22)23-14-10-7-11-15-23/h6-19H,1-5H3. The molecule has 0 aliphatic carbocycles. The van der Waals surface area contributed by atoms with E-state index in [2.05, 4.69) is 88.5 Å². The Morgan fingerprint density at radius 1 is 0.828 bits per heavy atom. The van der Waals surface area contributed by atoms with Crippen LogP contribution in [0.15, 0.2) is 78.9 Å². The summed E-state index contributed by atoms with van der Waals surface area (Å²) in [6.45, 7) is 11.1. The van der Waals surface area contributed by atoms with Crippen LogP contribution in [0, 0.1) is 0 Å². The number of hydrogen-bond donors (Lipinski definition) is 0. The molecule has 0 saturated carbocycles. The highest BCUT2D eigenvalue weighted by molar-refractivity contribution is 7.80. The Bertz CT molecular complexity index is 924. The maximum Gasteiger partial charge on any atom is 0.250 e. The summed E-state index contributed by atoms with van der Waals surface area (Å²) in [5, 5.41) is 3.63. The maximum absolute atomic E-state index is 12.1. The van der Waals surface area contributed by atoms with Gasteiger partial charge in [-0.2, -0.15) is 0 Å². The van der Waals surface area contributed by atoms with Crippen LogP contribution in [0.1, 0.15) is 31.1 Å². The predicted molar refractivity (Wildman–Crippen MR) is 128 cm³/mol. The van der Waals surface area contributed by atoms with Crippen molar-refractivity contribution < 1.29 is 9.22 Å². The first kappa shape index (κ1) is 21.5. The second-order valence-electron chi connectivity index (χ2n) is 8.71. The maximum atomic E-state index is 12.1. The molecule has 0 unspecified atom stereocenters. The number of carbonyl (C=O) groups is 1. The van der Waals surface area contributed by atoms with Gasteiger partial charge in [0.25, 0.3) is 0 Å². The average molecular weight is 421 g/mol. The van der Waals surface area contributed by atoms with E-state index in [1.54, 1.807) is 0 Å². The van der Waals surface area contributed by atoms with Crippen LogP contribution in [-0.2, 0) is 0 Å². The Kier molecular flexibility index (Phi) is 6.41. The summed E-state index contributed by atoms with van der Waals surface area (Å²) in [6.07, 6.45) is 0.967. The fourth-order valence-electron chi connectivity index (χ4n) is 2.92. The van der Waals surface area contributed by atoms with Crippen LogP contribution in [0.5, 0.6) is 5.75 Å². The smallest absolute Gasteiger partial charge is 0.250 e. The minimum atomic E-state index is -1.96. The second kappa shape index (κ2) is 8.65. The number of hydrogen-bond acceptors (Lipinski definition) is 2. The van der Waals surface area contributed by atoms with Gasteiger partial charge in [0.2, 0.25) is 8.32 Å². The third-order valence-electron chi connectivity index (χ3n) is 5.57. The number of carbonyl (C=O) groups excluding carboxylic acids is 1. The van der Waals surface area contributed by atoms with Crippen LogP contribution in [0.25, 0.3) is 0 Å². The monoisotopic (exact) mass is 420 g/mol. The van der Waals surface area contributed by atoms with Gasteiger partial charge in [-0.05, 0) is 60.2 Å². The van der Waals surface area contributed by atoms with Crippen molar-refractivity contribution in [2.24, 2.45) is 0 Å². The Morgan fingerprint density at radius 2 is 1.34 bits per heavy atom. The molecule has 0 spiro atoms. The van der Waals surface area contributed by atoms with Crippen molar-refractivity contribution >= 4 is 38.4 Å². The lowest BCUT2D eigenvalue weighted by Crippen LogP contribution is -2.43. The Morgan fingerprint density at radius 3 is 1.79 bits per heavy atom. The number of rotatable bonds is 6. The quantitative estimate of drug-likeness (QED) is 0.293. The Balaban J connectivity index is 2.07. The first-order chi connectivity index (χ1) is 13.7. The van der Waals surface area contributed by atoms with Crippen LogP contribution in [-0.4, -0.2) is 14.6 Å². The number of aldehydes is 1. The molecule has 0 bridgehead atoms. The first-order valence-electron chi connectivity index (χ1n) is 9.91. The summed E-state index contributed by atoms with van der Waals surface area (Å²) in [6, 6.07) is 26.9. The van der Waals surface area contributed by atoms with E-state index in [0.29, 0.717) is 5.56 Å². The molecule has 0 radical (unpaired) electrons. The van der Waals surface area contributed by atoms with Gasteiger partial charge in [0.1, 0.15) is 5.75 Å². The normalized spacial score (nSPS) is 12.1. The fourth-order valence-corrected chi connectivity index (χ4v) is 6.34. The van der Waals surface area contributed by atoms with Gasteiger partial charge in [0.15, 0.2) is 6.29 Å². The van der Waals surface area contributed by atoms with Gasteiger partial charge >= 0.3 is 0 Å². The summed E-state index contributed by atoms with van der Waals surface area (Å²) in [4.78, 5) is 12.1. The summed E-state index contributed by atoms with van der Waals surface area (Å²) in [7, 11) is -2.78. The van der Waals surface area contributed by atoms with Crippen molar-refractivity contribution in [3.8, 4) is 5.75 Å². The van der Waals surface area contributed by atoms with Gasteiger partial charge < -0.3 is 4.43 Å². The molecule has 0 saturated heterocycles. The summed E-state index contributed by atoms with van der Waals surface area (Å²) < 4.78 is 6.44. The van der Waals surface area contributed by atoms with Gasteiger partial charge in [-0.1, -0.05) is 81.4 Å². The predicted octanol–water partition coefficient (Wildman–Crippen LogP) is 5.64. The zero-order valence-electron chi connectivity index (χ0n) is 17.8. The van der Waals surface area contributed by atoms with Gasteiger partial charge in [0.05, 0.1) is 0 Å². The van der Waals surface area contributed by atoms with Gasteiger partial charge in [0, 0.05) is 5.56 Å². The molecule has 0 aromatic heterocycles. The van der Waals surface area contributed by atoms with Crippen LogP contribution < -0.4 is 20.3 Å². The zero-order chi connectivity index (χ0) is 21.1. The number of benzene rings is 3. The van der Waals surface area contributed by atoms with Gasteiger partial charge in [-0.3, -0.25) is 4.79 Å². The molecule has 150 valence electrons. The summed E-state index contributed by atoms with van der Waals surface area (Å²) in [5.74, 6) is 0.790. The SMILES string of the molecule is CC(C)(C)[Si](C)(C)Oc1ccc(P(c2ccccc2)c2ccccc2)c(C=O)c1. The van der Waals surface area contributed by atoms with Crippen molar-refractivity contribution in [2.45, 2.75) is 38.9 Å². The third kappa shape index (κ3) is 4.86. The highest BCUT2D eigenvalue weighted by Crippen LogP contribution is 2.39. The summed E-state index contributed by atoms with van der Waals surface area (Å²) >= 11 is 0. The molecule has 3 aromatic rings. The van der Waals surface area contributed by atoms with Crippen LogP contribution >= 0.6 is 7.92 Å². The molecule has 0 aliphatic heterocycles. The molecule has 0 fully saturated rings. The largest absolute Gasteiger partial charge is 0.543 e. The highest BCUT2D eigenvalue weighted by atomic mass is 31.1. The second-order valence-corrected chi connectivity index (χ2v) is 15.6. The van der Waals surface area contributed by atoms with E-state index in [4.69, 9.17) is 4.43 Å². The first-order valence-corrected chi connectivity index (χ1v) is 14.2. The molecule has 0 aliphatic rings. The molecule has 0 heterocycles. The van der Waals surface area contributed by atoms with E-state index >= 15 is 0 Å². The molecule has 29 heavy (non-hydrogen) atoms. The Labute approximate surface area is 176 Å². The molecule has 0 amide bonds. The highest BCUT2D eigenvalue weighted by Gasteiger charge is 2.39. The fraction of sp³-hybridized carbons (Fsp3) is 0.240. The molecule has 4 heteroatoms. The third-order valence-corrected chi connectivity index (χ3v) is 12.5. The van der Waals surface area contributed by atoms with Gasteiger partial charge in [-0.15, -0.1) is 0 Å². The molecule has 0 atom stereocenters. The topological polar surface area (TPSA) is 26.3 Å². The van der Waals surface area contributed by atoms with Gasteiger partial charge in [-0.25, -0.2) is 0 Å². The van der Waals surface area contributed by atoms with E-state index in [1.165, 1.54) is 10.6 Å². The van der Waals surface area contributed by atoms with E-state index in [9.17, 15) is 4.79 Å². The lowest BCUT2D eigenvalue weighted by Gasteiger charge is -2.36. The van der Waals surface area contributed by atoms with Crippen molar-refractivity contribution in [1.29, 1.82) is 0 Å². The molecule has 2 nitrogen and oxygen atoms in total. The van der Waals surface area contributed by atoms with Crippen molar-refractivity contribution in [3.63, 3.8) is 0 Å². The van der Waals surface area contributed by atoms with Crippen molar-refractivity contribution in [3.05, 3.63) is 84.4 Å². The molecular weight excluding hydrogens is 391 g/mol. The van der Waals surface area contributed by atoms with E-state index < -0.39 is 16.2 Å². The zero-order valence-corrected chi connectivity index (χ0v) is 19.7. The van der Waals surface area contributed by atoms with Crippen LogP contribution in [0.2, 0.25) is 18.1 Å². The van der Waals surface area contributed by atoms with Crippen LogP contribution in [0.4, 0.5) is 0 Å². The molecule has 3 aromatic carbocycles. The molecule has 0 N–H and O–H groups in total.